The summed E-state index contributed by atoms with van der Waals surface area (Å²) in [6.45, 7) is 3.66. The van der Waals surface area contributed by atoms with E-state index in [0.29, 0.717) is 43.1 Å². The number of nitrogens with zero attached hydrogens (tertiary/aromatic N) is 3. The molecule has 4 aromatic rings. The Balaban J connectivity index is 1.38. The summed E-state index contributed by atoms with van der Waals surface area (Å²) in [6, 6.07) is 21.6. The van der Waals surface area contributed by atoms with Crippen LogP contribution in [0, 0.1) is 6.92 Å². The molecule has 194 valence electrons. The number of methoxy groups -OCH3 is 1. The van der Waals surface area contributed by atoms with Crippen LogP contribution in [0.5, 0.6) is 17.4 Å². The first kappa shape index (κ1) is 25.1. The summed E-state index contributed by atoms with van der Waals surface area (Å²) < 4.78 is 24.9. The number of ether oxygens (including phenoxy) is 3. The first-order valence-electron chi connectivity index (χ1n) is 12.6. The smallest absolute Gasteiger partial charge is 0.227 e. The number of furan rings is 1. The Hall–Kier alpha value is -3.59. The molecule has 0 amide bonds. The molecule has 8 nitrogen and oxygen atoms in total. The van der Waals surface area contributed by atoms with Gasteiger partial charge >= 0.3 is 0 Å². The van der Waals surface area contributed by atoms with Gasteiger partial charge in [0.1, 0.15) is 12.4 Å². The van der Waals surface area contributed by atoms with Crippen molar-refractivity contribution >= 4 is 0 Å². The van der Waals surface area contributed by atoms with Crippen molar-refractivity contribution in [2.24, 2.45) is 0 Å². The molecule has 1 unspecified atom stereocenters. The van der Waals surface area contributed by atoms with E-state index in [-0.39, 0.29) is 6.61 Å². The lowest BCUT2D eigenvalue weighted by Crippen LogP contribution is -2.36. The normalized spacial score (nSPS) is 14.2. The minimum absolute atomic E-state index is 0.233. The van der Waals surface area contributed by atoms with Crippen LogP contribution >= 0.6 is 0 Å². The summed E-state index contributed by atoms with van der Waals surface area (Å²) in [6.07, 6.45) is 3.20. The van der Waals surface area contributed by atoms with Crippen LogP contribution in [0.4, 0.5) is 0 Å². The van der Waals surface area contributed by atoms with Gasteiger partial charge in [-0.2, -0.15) is 5.10 Å². The standard InChI is InChI=1S/C29H33N3O5/c1-21-26(18-31(22-14-15-22)17-24(33)19-35-20-25-11-8-16-36-25)29(32(30-21)23-9-4-3-5-10-23)37-28-13-7-6-12-27(28)34-2/h3-13,16,22,24,33H,14-15,17-20H2,1-2H3. The minimum atomic E-state index is -0.626. The van der Waals surface area contributed by atoms with Crippen LogP contribution < -0.4 is 9.47 Å². The zero-order valence-corrected chi connectivity index (χ0v) is 21.2. The first-order chi connectivity index (χ1) is 18.1. The third-order valence-corrected chi connectivity index (χ3v) is 6.42. The van der Waals surface area contributed by atoms with E-state index in [4.69, 9.17) is 23.7 Å². The molecule has 8 heteroatoms. The number of hydrogen-bond acceptors (Lipinski definition) is 7. The van der Waals surface area contributed by atoms with Crippen LogP contribution in [0.15, 0.2) is 77.4 Å². The predicted octanol–water partition coefficient (Wildman–Crippen LogP) is 5.12. The molecule has 0 radical (unpaired) electrons. The van der Waals surface area contributed by atoms with E-state index in [2.05, 4.69) is 4.90 Å². The number of rotatable bonds is 13. The van der Waals surface area contributed by atoms with Crippen LogP contribution in [0.1, 0.15) is 29.9 Å². The lowest BCUT2D eigenvalue weighted by molar-refractivity contribution is 0.00235. The van der Waals surface area contributed by atoms with E-state index in [0.717, 1.165) is 35.5 Å². The maximum atomic E-state index is 10.8. The van der Waals surface area contributed by atoms with Gasteiger partial charge in [-0.1, -0.05) is 30.3 Å². The molecule has 1 aliphatic carbocycles. The molecule has 0 bridgehead atoms. The van der Waals surface area contributed by atoms with Gasteiger partial charge in [-0.25, -0.2) is 4.68 Å². The number of para-hydroxylation sites is 3. The second kappa shape index (κ2) is 11.6. The Bertz CT molecular complexity index is 1270. The third kappa shape index (κ3) is 6.22. The van der Waals surface area contributed by atoms with Crippen molar-refractivity contribution in [3.8, 4) is 23.1 Å². The van der Waals surface area contributed by atoms with Gasteiger partial charge in [0, 0.05) is 19.1 Å². The fourth-order valence-corrected chi connectivity index (χ4v) is 4.38. The topological polar surface area (TPSA) is 82.1 Å². The highest BCUT2D eigenvalue weighted by atomic mass is 16.5. The number of aromatic nitrogens is 2. The van der Waals surface area contributed by atoms with Crippen LogP contribution in [-0.4, -0.2) is 52.2 Å². The van der Waals surface area contributed by atoms with Crippen molar-refractivity contribution in [3.05, 3.63) is 90.0 Å². The van der Waals surface area contributed by atoms with Gasteiger partial charge in [-0.15, -0.1) is 0 Å². The summed E-state index contributed by atoms with van der Waals surface area (Å²) in [5, 5.41) is 15.6. The van der Waals surface area contributed by atoms with E-state index in [9.17, 15) is 5.11 Å². The molecule has 1 saturated carbocycles. The highest BCUT2D eigenvalue weighted by Crippen LogP contribution is 2.37. The van der Waals surface area contributed by atoms with Crippen LogP contribution in [0.25, 0.3) is 5.69 Å². The highest BCUT2D eigenvalue weighted by molar-refractivity contribution is 5.47. The van der Waals surface area contributed by atoms with Gasteiger partial charge in [0.15, 0.2) is 11.5 Å². The number of hydrogen-bond donors (Lipinski definition) is 1. The Morgan fingerprint density at radius 1 is 1.05 bits per heavy atom. The van der Waals surface area contributed by atoms with Crippen molar-refractivity contribution in [1.29, 1.82) is 0 Å². The zero-order chi connectivity index (χ0) is 25.6. The molecule has 5 rings (SSSR count). The SMILES string of the molecule is COc1ccccc1Oc1c(CN(CC(O)COCc2ccco2)C2CC2)c(C)nn1-c1ccccc1. The molecule has 1 atom stereocenters. The van der Waals surface area contributed by atoms with Gasteiger partial charge in [0.2, 0.25) is 5.88 Å². The van der Waals surface area contributed by atoms with E-state index in [1.54, 1.807) is 13.4 Å². The lowest BCUT2D eigenvalue weighted by Gasteiger charge is -2.25. The summed E-state index contributed by atoms with van der Waals surface area (Å²) in [5.41, 5.74) is 2.76. The maximum absolute atomic E-state index is 10.8. The van der Waals surface area contributed by atoms with Crippen molar-refractivity contribution < 1.29 is 23.7 Å². The van der Waals surface area contributed by atoms with Gasteiger partial charge < -0.3 is 23.7 Å². The molecule has 1 N–H and O–H groups in total. The molecular formula is C29H33N3O5. The van der Waals surface area contributed by atoms with E-state index in [1.807, 2.05) is 78.3 Å². The Kier molecular flexibility index (Phi) is 7.89. The fraction of sp³-hybridized carbons (Fsp3) is 0.345. The lowest BCUT2D eigenvalue weighted by atomic mass is 10.2. The second-order valence-corrected chi connectivity index (χ2v) is 9.28. The predicted molar refractivity (Wildman–Crippen MR) is 139 cm³/mol. The number of aryl methyl sites for hydroxylation is 1. The summed E-state index contributed by atoms with van der Waals surface area (Å²) in [4.78, 5) is 2.30. The van der Waals surface area contributed by atoms with Gasteiger partial charge in [0.25, 0.3) is 0 Å². The van der Waals surface area contributed by atoms with Crippen LogP contribution in [0.2, 0.25) is 0 Å². The molecule has 1 aliphatic rings. The molecule has 1 fully saturated rings. The summed E-state index contributed by atoms with van der Waals surface area (Å²) in [5.74, 6) is 2.65. The average molecular weight is 504 g/mol. The average Bonchev–Trinajstić information content (AvgIpc) is 3.56. The van der Waals surface area contributed by atoms with Gasteiger partial charge in [-0.05, 0) is 56.2 Å². The second-order valence-electron chi connectivity index (χ2n) is 9.28. The maximum Gasteiger partial charge on any atom is 0.227 e. The van der Waals surface area contributed by atoms with E-state index in [1.165, 1.54) is 0 Å². The van der Waals surface area contributed by atoms with Crippen LogP contribution in [0.3, 0.4) is 0 Å². The highest BCUT2D eigenvalue weighted by Gasteiger charge is 2.33. The van der Waals surface area contributed by atoms with Gasteiger partial charge in [-0.3, -0.25) is 4.90 Å². The molecule has 2 aromatic carbocycles. The molecule has 0 saturated heterocycles. The van der Waals surface area contributed by atoms with Crippen molar-refractivity contribution in [2.75, 3.05) is 20.3 Å². The Morgan fingerprint density at radius 2 is 1.81 bits per heavy atom. The van der Waals surface area contributed by atoms with Crippen molar-refractivity contribution in [3.63, 3.8) is 0 Å². The molecule has 0 spiro atoms. The minimum Gasteiger partial charge on any atom is -0.493 e. The summed E-state index contributed by atoms with van der Waals surface area (Å²) >= 11 is 0. The Labute approximate surface area is 217 Å². The number of benzene rings is 2. The summed E-state index contributed by atoms with van der Waals surface area (Å²) in [7, 11) is 1.63. The number of aliphatic hydroxyl groups excluding tert-OH is 1. The monoisotopic (exact) mass is 503 g/mol. The molecular weight excluding hydrogens is 470 g/mol. The largest absolute Gasteiger partial charge is 0.493 e. The third-order valence-electron chi connectivity index (χ3n) is 6.42. The van der Waals surface area contributed by atoms with Crippen molar-refractivity contribution in [1.82, 2.24) is 14.7 Å². The van der Waals surface area contributed by atoms with Gasteiger partial charge in [0.05, 0.1) is 43.0 Å². The van der Waals surface area contributed by atoms with Crippen molar-refractivity contribution in [2.45, 2.75) is 45.1 Å². The van der Waals surface area contributed by atoms with Crippen LogP contribution in [-0.2, 0) is 17.9 Å². The first-order valence-corrected chi connectivity index (χ1v) is 12.6. The van der Waals surface area contributed by atoms with E-state index >= 15 is 0 Å². The fourth-order valence-electron chi connectivity index (χ4n) is 4.38. The molecule has 2 aromatic heterocycles. The quantitative estimate of drug-likeness (QED) is 0.271. The van der Waals surface area contributed by atoms with E-state index < -0.39 is 6.10 Å². The number of aliphatic hydroxyl groups is 1. The molecule has 0 aliphatic heterocycles. The Morgan fingerprint density at radius 3 is 2.51 bits per heavy atom. The molecule has 37 heavy (non-hydrogen) atoms. The zero-order valence-electron chi connectivity index (χ0n) is 21.2. The molecule has 2 heterocycles.